The van der Waals surface area contributed by atoms with Crippen LogP contribution in [0.1, 0.15) is 43.8 Å². The van der Waals surface area contributed by atoms with E-state index in [1.54, 1.807) is 12.1 Å². The lowest BCUT2D eigenvalue weighted by molar-refractivity contribution is 0.0696. The lowest BCUT2D eigenvalue weighted by atomic mass is 9.81. The van der Waals surface area contributed by atoms with Crippen LogP contribution in [0.15, 0.2) is 28.7 Å². The van der Waals surface area contributed by atoms with Crippen LogP contribution in [0.25, 0.3) is 11.0 Å². The predicted octanol–water partition coefficient (Wildman–Crippen LogP) is 3.90. The third-order valence-corrected chi connectivity index (χ3v) is 4.31. The summed E-state index contributed by atoms with van der Waals surface area (Å²) < 4.78 is 5.69. The number of carboxylic acid groups (broad SMARTS) is 1. The van der Waals surface area contributed by atoms with Crippen molar-refractivity contribution in [2.75, 3.05) is 6.54 Å². The minimum absolute atomic E-state index is 0.148. The number of nitrogens with one attached hydrogen (secondary N) is 1. The summed E-state index contributed by atoms with van der Waals surface area (Å²) in [5, 5.41) is 13.4. The van der Waals surface area contributed by atoms with E-state index in [2.05, 4.69) is 33.0 Å². The van der Waals surface area contributed by atoms with E-state index < -0.39 is 5.97 Å². The van der Waals surface area contributed by atoms with Crippen LogP contribution in [0.4, 0.5) is 0 Å². The van der Waals surface area contributed by atoms with Crippen molar-refractivity contribution in [3.05, 3.63) is 35.6 Å². The van der Waals surface area contributed by atoms with Crippen LogP contribution < -0.4 is 5.32 Å². The zero-order chi connectivity index (χ0) is 15.6. The van der Waals surface area contributed by atoms with Crippen LogP contribution in [0.3, 0.4) is 0 Å². The van der Waals surface area contributed by atoms with Gasteiger partial charge < -0.3 is 14.8 Å². The van der Waals surface area contributed by atoms with Gasteiger partial charge in [0.25, 0.3) is 0 Å². The fourth-order valence-corrected chi connectivity index (χ4v) is 2.16. The monoisotopic (exact) mass is 289 g/mol. The molecule has 0 saturated heterocycles. The maximum Gasteiger partial charge on any atom is 0.339 e. The SMILES string of the molecule is CC(C)C(C)(C)CNCc1oc2ccccc2c1C(=O)O. The molecule has 0 saturated carbocycles. The molecular formula is C17H23NO3. The highest BCUT2D eigenvalue weighted by Crippen LogP contribution is 2.27. The predicted molar refractivity (Wildman–Crippen MR) is 83.5 cm³/mol. The summed E-state index contributed by atoms with van der Waals surface area (Å²) in [6.07, 6.45) is 0. The van der Waals surface area contributed by atoms with Gasteiger partial charge in [0.1, 0.15) is 16.9 Å². The average molecular weight is 289 g/mol. The van der Waals surface area contributed by atoms with E-state index >= 15 is 0 Å². The highest BCUT2D eigenvalue weighted by Gasteiger charge is 2.23. The van der Waals surface area contributed by atoms with E-state index in [1.165, 1.54) is 0 Å². The fourth-order valence-electron chi connectivity index (χ4n) is 2.16. The molecule has 0 unspecified atom stereocenters. The summed E-state index contributed by atoms with van der Waals surface area (Å²) in [5.74, 6) is 0.0859. The smallest absolute Gasteiger partial charge is 0.339 e. The summed E-state index contributed by atoms with van der Waals surface area (Å²) in [6, 6.07) is 7.24. The molecule has 2 rings (SSSR count). The Morgan fingerprint density at radius 2 is 2.00 bits per heavy atom. The van der Waals surface area contributed by atoms with E-state index in [9.17, 15) is 9.90 Å². The van der Waals surface area contributed by atoms with Crippen molar-refractivity contribution >= 4 is 16.9 Å². The number of aromatic carboxylic acids is 1. The minimum atomic E-state index is -0.945. The summed E-state index contributed by atoms with van der Waals surface area (Å²) in [6.45, 7) is 9.99. The van der Waals surface area contributed by atoms with Gasteiger partial charge in [0.05, 0.1) is 6.54 Å². The minimum Gasteiger partial charge on any atom is -0.478 e. The fraction of sp³-hybridized carbons (Fsp3) is 0.471. The number of hydrogen-bond donors (Lipinski definition) is 2. The molecule has 1 heterocycles. The van der Waals surface area contributed by atoms with Gasteiger partial charge in [0.2, 0.25) is 0 Å². The molecule has 1 aromatic heterocycles. The molecule has 0 fully saturated rings. The molecule has 2 aromatic rings. The van der Waals surface area contributed by atoms with Crippen LogP contribution >= 0.6 is 0 Å². The quantitative estimate of drug-likeness (QED) is 0.846. The van der Waals surface area contributed by atoms with Crippen LogP contribution in [0.2, 0.25) is 0 Å². The van der Waals surface area contributed by atoms with Gasteiger partial charge in [-0.1, -0.05) is 45.9 Å². The maximum atomic E-state index is 11.5. The second kappa shape index (κ2) is 5.90. The zero-order valence-electron chi connectivity index (χ0n) is 13.1. The van der Waals surface area contributed by atoms with Gasteiger partial charge in [-0.15, -0.1) is 0 Å². The Balaban J connectivity index is 2.19. The Morgan fingerprint density at radius 1 is 1.33 bits per heavy atom. The number of rotatable bonds is 6. The van der Waals surface area contributed by atoms with Gasteiger partial charge in [0, 0.05) is 11.9 Å². The lowest BCUT2D eigenvalue weighted by Crippen LogP contribution is -2.33. The molecule has 114 valence electrons. The van der Waals surface area contributed by atoms with Crippen molar-refractivity contribution in [3.8, 4) is 0 Å². The first-order chi connectivity index (χ1) is 9.83. The Bertz CT molecular complexity index is 641. The molecule has 4 heteroatoms. The molecule has 0 amide bonds. The first kappa shape index (κ1) is 15.6. The van der Waals surface area contributed by atoms with Crippen molar-refractivity contribution in [3.63, 3.8) is 0 Å². The van der Waals surface area contributed by atoms with Gasteiger partial charge in [-0.25, -0.2) is 4.79 Å². The van der Waals surface area contributed by atoms with E-state index in [1.807, 2.05) is 12.1 Å². The summed E-state index contributed by atoms with van der Waals surface area (Å²) in [7, 11) is 0. The molecule has 2 N–H and O–H groups in total. The van der Waals surface area contributed by atoms with Crippen LogP contribution in [0, 0.1) is 11.3 Å². The van der Waals surface area contributed by atoms with Crippen molar-refractivity contribution in [1.29, 1.82) is 0 Å². The summed E-state index contributed by atoms with van der Waals surface area (Å²) in [4.78, 5) is 11.5. The Kier molecular flexibility index (Phi) is 4.37. The summed E-state index contributed by atoms with van der Waals surface area (Å²) in [5.41, 5.74) is 1.03. The second-order valence-electron chi connectivity index (χ2n) is 6.45. The number of furan rings is 1. The molecule has 0 aliphatic rings. The van der Waals surface area contributed by atoms with E-state index in [4.69, 9.17) is 4.42 Å². The number of fused-ring (bicyclic) bond motifs is 1. The lowest BCUT2D eigenvalue weighted by Gasteiger charge is -2.29. The summed E-state index contributed by atoms with van der Waals surface area (Å²) >= 11 is 0. The van der Waals surface area contributed by atoms with Crippen molar-refractivity contribution in [2.45, 2.75) is 34.2 Å². The second-order valence-corrected chi connectivity index (χ2v) is 6.45. The van der Waals surface area contributed by atoms with Crippen molar-refractivity contribution in [1.82, 2.24) is 5.32 Å². The third kappa shape index (κ3) is 3.27. The highest BCUT2D eigenvalue weighted by atomic mass is 16.4. The Hall–Kier alpha value is -1.81. The molecule has 0 atom stereocenters. The van der Waals surface area contributed by atoms with Crippen molar-refractivity contribution < 1.29 is 14.3 Å². The normalized spacial score (nSPS) is 12.2. The number of hydrogen-bond acceptors (Lipinski definition) is 3. The highest BCUT2D eigenvalue weighted by molar-refractivity contribution is 6.03. The van der Waals surface area contributed by atoms with E-state index in [0.717, 1.165) is 6.54 Å². The van der Waals surface area contributed by atoms with E-state index in [0.29, 0.717) is 29.2 Å². The first-order valence-electron chi connectivity index (χ1n) is 7.27. The van der Waals surface area contributed by atoms with Crippen LogP contribution in [-0.2, 0) is 6.54 Å². The van der Waals surface area contributed by atoms with E-state index in [-0.39, 0.29) is 11.0 Å². The van der Waals surface area contributed by atoms with Crippen LogP contribution in [0.5, 0.6) is 0 Å². The van der Waals surface area contributed by atoms with Crippen LogP contribution in [-0.4, -0.2) is 17.6 Å². The van der Waals surface area contributed by atoms with Gasteiger partial charge in [-0.05, 0) is 17.4 Å². The topological polar surface area (TPSA) is 62.5 Å². The standard InChI is InChI=1S/C17H23NO3/c1-11(2)17(3,4)10-18-9-14-15(16(19)20)12-7-5-6-8-13(12)21-14/h5-8,11,18H,9-10H2,1-4H3,(H,19,20). The molecule has 0 aliphatic carbocycles. The van der Waals surface area contributed by atoms with Gasteiger partial charge >= 0.3 is 5.97 Å². The first-order valence-corrected chi connectivity index (χ1v) is 7.27. The molecule has 0 aliphatic heterocycles. The molecule has 4 nitrogen and oxygen atoms in total. The molecule has 0 spiro atoms. The number of para-hydroxylation sites is 1. The number of carboxylic acids is 1. The largest absolute Gasteiger partial charge is 0.478 e. The third-order valence-electron chi connectivity index (χ3n) is 4.31. The number of benzene rings is 1. The van der Waals surface area contributed by atoms with Gasteiger partial charge in [-0.3, -0.25) is 0 Å². The Morgan fingerprint density at radius 3 is 2.62 bits per heavy atom. The molecule has 1 aromatic carbocycles. The Labute approximate surface area is 125 Å². The van der Waals surface area contributed by atoms with Gasteiger partial charge in [0.15, 0.2) is 0 Å². The molecule has 21 heavy (non-hydrogen) atoms. The zero-order valence-corrected chi connectivity index (χ0v) is 13.1. The molecule has 0 radical (unpaired) electrons. The molecule has 0 bridgehead atoms. The van der Waals surface area contributed by atoms with Crippen molar-refractivity contribution in [2.24, 2.45) is 11.3 Å². The maximum absolute atomic E-state index is 11.5. The number of carbonyl (C=O) groups is 1. The molecular weight excluding hydrogens is 266 g/mol. The van der Waals surface area contributed by atoms with Gasteiger partial charge in [-0.2, -0.15) is 0 Å². The average Bonchev–Trinajstić information content (AvgIpc) is 2.76.